The van der Waals surface area contributed by atoms with Crippen molar-refractivity contribution < 1.29 is 9.59 Å². The summed E-state index contributed by atoms with van der Waals surface area (Å²) in [6, 6.07) is 12.2. The molecular formula is C25H30Cl2N2O2. The van der Waals surface area contributed by atoms with Crippen LogP contribution in [0.3, 0.4) is 0 Å². The first-order valence-corrected chi connectivity index (χ1v) is 12.0. The fraction of sp³-hybridized carbons (Fsp3) is 0.440. The summed E-state index contributed by atoms with van der Waals surface area (Å²) in [7, 11) is 0. The zero-order valence-electron chi connectivity index (χ0n) is 18.2. The van der Waals surface area contributed by atoms with Crippen molar-refractivity contribution in [1.29, 1.82) is 0 Å². The number of rotatable bonds is 3. The molecule has 1 unspecified atom stereocenters. The number of amides is 2. The summed E-state index contributed by atoms with van der Waals surface area (Å²) in [5, 5.41) is 3.60. The highest BCUT2D eigenvalue weighted by atomic mass is 35.5. The van der Waals surface area contributed by atoms with Crippen molar-refractivity contribution in [2.45, 2.75) is 58.4 Å². The van der Waals surface area contributed by atoms with Gasteiger partial charge < -0.3 is 10.2 Å². The van der Waals surface area contributed by atoms with Crippen LogP contribution in [0.2, 0.25) is 10.0 Å². The van der Waals surface area contributed by atoms with E-state index in [9.17, 15) is 9.59 Å². The van der Waals surface area contributed by atoms with Gasteiger partial charge in [0.2, 0.25) is 0 Å². The Hall–Kier alpha value is -2.04. The molecule has 1 saturated heterocycles. The number of benzene rings is 2. The number of nitrogens with zero attached hydrogens (tertiary/aromatic N) is 1. The lowest BCUT2D eigenvalue weighted by atomic mass is 9.78. The number of hydrogen-bond donors (Lipinski definition) is 1. The third kappa shape index (κ3) is 5.61. The molecular weight excluding hydrogens is 431 g/mol. The Morgan fingerprint density at radius 1 is 0.935 bits per heavy atom. The van der Waals surface area contributed by atoms with E-state index in [1.54, 1.807) is 36.4 Å². The monoisotopic (exact) mass is 460 g/mol. The van der Waals surface area contributed by atoms with E-state index in [0.29, 0.717) is 38.8 Å². The second kappa shape index (κ2) is 11.0. The molecule has 31 heavy (non-hydrogen) atoms. The van der Waals surface area contributed by atoms with Crippen LogP contribution in [0.4, 0.5) is 5.69 Å². The summed E-state index contributed by atoms with van der Waals surface area (Å²) in [4.78, 5) is 27.6. The molecule has 2 aliphatic rings. The second-order valence-electron chi connectivity index (χ2n) is 7.91. The predicted molar refractivity (Wildman–Crippen MR) is 128 cm³/mol. The molecule has 4 nitrogen and oxygen atoms in total. The molecule has 0 bridgehead atoms. The SMILES string of the molecule is CC.O=C(Nc1ccc(C(=O)N2CCC[C@H]3CCCCC32)cc1)c1ccc(Cl)cc1Cl. The number of carbonyl (C=O) groups excluding carboxylic acids is 2. The van der Waals surface area contributed by atoms with Crippen LogP contribution in [0.5, 0.6) is 0 Å². The maximum Gasteiger partial charge on any atom is 0.257 e. The standard InChI is InChI=1S/C23H24Cl2N2O2.C2H6/c24-17-9-12-19(20(25)14-17)22(28)26-18-10-7-16(8-11-18)23(29)27-13-3-5-15-4-1-2-6-21(15)27;1-2/h7-12,14-15,21H,1-6,13H2,(H,26,28);1-2H3/t15-,21?;/m1./s1. The molecule has 1 aliphatic carbocycles. The zero-order valence-corrected chi connectivity index (χ0v) is 19.7. The molecule has 4 rings (SSSR count). The third-order valence-corrected chi connectivity index (χ3v) is 6.62. The first-order chi connectivity index (χ1) is 15.0. The molecule has 2 amide bonds. The van der Waals surface area contributed by atoms with Gasteiger partial charge in [0.05, 0.1) is 10.6 Å². The smallest absolute Gasteiger partial charge is 0.257 e. The number of halogens is 2. The fourth-order valence-corrected chi connectivity index (χ4v) is 5.11. The number of fused-ring (bicyclic) bond motifs is 1. The maximum atomic E-state index is 13.1. The van der Waals surface area contributed by atoms with E-state index >= 15 is 0 Å². The van der Waals surface area contributed by atoms with Gasteiger partial charge in [-0.2, -0.15) is 0 Å². The van der Waals surface area contributed by atoms with Gasteiger partial charge in [0.25, 0.3) is 11.8 Å². The molecule has 1 N–H and O–H groups in total. The first-order valence-electron chi connectivity index (χ1n) is 11.2. The number of nitrogens with one attached hydrogen (secondary N) is 1. The predicted octanol–water partition coefficient (Wildman–Crippen LogP) is 7.07. The van der Waals surface area contributed by atoms with Gasteiger partial charge in [0.15, 0.2) is 0 Å². The number of hydrogen-bond acceptors (Lipinski definition) is 2. The van der Waals surface area contributed by atoms with Gasteiger partial charge in [-0.25, -0.2) is 0 Å². The van der Waals surface area contributed by atoms with Crippen LogP contribution in [0.1, 0.15) is 73.1 Å². The molecule has 1 saturated carbocycles. The molecule has 0 radical (unpaired) electrons. The average molecular weight is 461 g/mol. The molecule has 6 heteroatoms. The van der Waals surface area contributed by atoms with Crippen LogP contribution in [0.25, 0.3) is 0 Å². The summed E-state index contributed by atoms with van der Waals surface area (Å²) >= 11 is 12.0. The lowest BCUT2D eigenvalue weighted by molar-refractivity contribution is 0.0390. The largest absolute Gasteiger partial charge is 0.335 e. The average Bonchev–Trinajstić information content (AvgIpc) is 2.80. The summed E-state index contributed by atoms with van der Waals surface area (Å²) < 4.78 is 0. The van der Waals surface area contributed by atoms with E-state index < -0.39 is 0 Å². The fourth-order valence-electron chi connectivity index (χ4n) is 4.61. The quantitative estimate of drug-likeness (QED) is 0.532. The minimum atomic E-state index is -0.313. The molecule has 166 valence electrons. The van der Waals surface area contributed by atoms with Gasteiger partial charge in [-0.05, 0) is 74.1 Å². The Labute approximate surface area is 194 Å². The topological polar surface area (TPSA) is 49.4 Å². The highest BCUT2D eigenvalue weighted by Crippen LogP contribution is 2.36. The van der Waals surface area contributed by atoms with Gasteiger partial charge in [-0.15, -0.1) is 0 Å². The van der Waals surface area contributed by atoms with E-state index in [1.165, 1.54) is 31.7 Å². The summed E-state index contributed by atoms with van der Waals surface area (Å²) in [5.74, 6) is 0.441. The lowest BCUT2D eigenvalue weighted by Gasteiger charge is -2.44. The van der Waals surface area contributed by atoms with E-state index in [2.05, 4.69) is 10.2 Å². The molecule has 2 aromatic carbocycles. The van der Waals surface area contributed by atoms with Crippen molar-refractivity contribution in [3.05, 3.63) is 63.6 Å². The van der Waals surface area contributed by atoms with Crippen molar-refractivity contribution >= 4 is 40.7 Å². The Balaban J connectivity index is 0.00000132. The molecule has 0 aromatic heterocycles. The molecule has 2 aromatic rings. The summed E-state index contributed by atoms with van der Waals surface area (Å²) in [6.07, 6.45) is 7.19. The Morgan fingerprint density at radius 2 is 1.61 bits per heavy atom. The van der Waals surface area contributed by atoms with Crippen molar-refractivity contribution in [1.82, 2.24) is 4.90 Å². The van der Waals surface area contributed by atoms with Gasteiger partial charge in [0.1, 0.15) is 0 Å². The van der Waals surface area contributed by atoms with Gasteiger partial charge in [-0.3, -0.25) is 9.59 Å². The molecule has 0 spiro atoms. The molecule has 1 aliphatic heterocycles. The lowest BCUT2D eigenvalue weighted by Crippen LogP contribution is -2.49. The van der Waals surface area contributed by atoms with Crippen LogP contribution in [-0.4, -0.2) is 29.3 Å². The van der Waals surface area contributed by atoms with Crippen LogP contribution >= 0.6 is 23.2 Å². The maximum absolute atomic E-state index is 13.1. The Kier molecular flexibility index (Phi) is 8.39. The number of piperidine rings is 1. The van der Waals surface area contributed by atoms with E-state index in [4.69, 9.17) is 23.2 Å². The van der Waals surface area contributed by atoms with E-state index in [1.807, 2.05) is 13.8 Å². The second-order valence-corrected chi connectivity index (χ2v) is 8.75. The first kappa shape index (κ1) is 23.6. The van der Waals surface area contributed by atoms with Gasteiger partial charge >= 0.3 is 0 Å². The van der Waals surface area contributed by atoms with Crippen LogP contribution in [-0.2, 0) is 0 Å². The molecule has 1 heterocycles. The van der Waals surface area contributed by atoms with E-state index in [0.717, 1.165) is 19.4 Å². The Morgan fingerprint density at radius 3 is 2.32 bits per heavy atom. The number of carbonyl (C=O) groups is 2. The minimum Gasteiger partial charge on any atom is -0.335 e. The van der Waals surface area contributed by atoms with Crippen LogP contribution < -0.4 is 5.32 Å². The highest BCUT2D eigenvalue weighted by Gasteiger charge is 2.35. The molecule has 2 fully saturated rings. The third-order valence-electron chi connectivity index (χ3n) is 6.07. The van der Waals surface area contributed by atoms with E-state index in [-0.39, 0.29) is 11.8 Å². The van der Waals surface area contributed by atoms with Crippen LogP contribution in [0, 0.1) is 5.92 Å². The minimum absolute atomic E-state index is 0.0974. The number of anilines is 1. The summed E-state index contributed by atoms with van der Waals surface area (Å²) in [6.45, 7) is 4.84. The zero-order chi connectivity index (χ0) is 22.4. The summed E-state index contributed by atoms with van der Waals surface area (Å²) in [5.41, 5.74) is 1.64. The van der Waals surface area contributed by atoms with Crippen molar-refractivity contribution in [2.75, 3.05) is 11.9 Å². The van der Waals surface area contributed by atoms with Crippen molar-refractivity contribution in [3.8, 4) is 0 Å². The van der Waals surface area contributed by atoms with Crippen LogP contribution in [0.15, 0.2) is 42.5 Å². The van der Waals surface area contributed by atoms with Gasteiger partial charge in [0, 0.05) is 28.9 Å². The molecule has 2 atom stereocenters. The highest BCUT2D eigenvalue weighted by molar-refractivity contribution is 6.37. The Bertz CT molecular complexity index is 912. The normalized spacial score (nSPS) is 20.2. The van der Waals surface area contributed by atoms with Crippen molar-refractivity contribution in [2.24, 2.45) is 5.92 Å². The van der Waals surface area contributed by atoms with Crippen molar-refractivity contribution in [3.63, 3.8) is 0 Å². The number of likely N-dealkylation sites (tertiary alicyclic amines) is 1. The van der Waals surface area contributed by atoms with Gasteiger partial charge in [-0.1, -0.05) is 49.9 Å².